The Hall–Kier alpha value is -3.46. The van der Waals surface area contributed by atoms with Gasteiger partial charge in [0.1, 0.15) is 5.52 Å². The normalized spacial score (nSPS) is 20.2. The monoisotopic (exact) mass is 511 g/mol. The summed E-state index contributed by atoms with van der Waals surface area (Å²) in [6.45, 7) is 6.12. The van der Waals surface area contributed by atoms with E-state index < -0.39 is 28.4 Å². The van der Waals surface area contributed by atoms with Gasteiger partial charge in [0.25, 0.3) is 0 Å². The van der Waals surface area contributed by atoms with Crippen LogP contribution in [0.15, 0.2) is 30.5 Å². The lowest BCUT2D eigenvalue weighted by Crippen LogP contribution is -2.29. The van der Waals surface area contributed by atoms with Gasteiger partial charge in [0.2, 0.25) is 0 Å². The highest BCUT2D eigenvalue weighted by molar-refractivity contribution is 6.00. The van der Waals surface area contributed by atoms with Crippen molar-refractivity contribution in [1.29, 1.82) is 0 Å². The molecule has 1 saturated carbocycles. The van der Waals surface area contributed by atoms with Crippen LogP contribution in [0.2, 0.25) is 0 Å². The Morgan fingerprint density at radius 2 is 2.05 bits per heavy atom. The van der Waals surface area contributed by atoms with Crippen molar-refractivity contribution in [3.63, 3.8) is 0 Å². The number of halogens is 2. The van der Waals surface area contributed by atoms with Crippen molar-refractivity contribution >= 4 is 27.8 Å². The van der Waals surface area contributed by atoms with E-state index in [0.29, 0.717) is 47.8 Å². The quantitative estimate of drug-likeness (QED) is 0.314. The Bertz CT molecular complexity index is 1520. The van der Waals surface area contributed by atoms with Gasteiger partial charge in [-0.2, -0.15) is 5.10 Å². The number of carboxylic acids is 1. The van der Waals surface area contributed by atoms with Crippen LogP contribution in [-0.2, 0) is 14.9 Å². The second-order valence-corrected chi connectivity index (χ2v) is 11.0. The van der Waals surface area contributed by atoms with Gasteiger partial charge in [-0.3, -0.25) is 9.89 Å². The number of ether oxygens (including phenoxy) is 2. The van der Waals surface area contributed by atoms with Gasteiger partial charge < -0.3 is 19.1 Å². The molecule has 2 heterocycles. The van der Waals surface area contributed by atoms with Crippen LogP contribution in [0.5, 0.6) is 5.75 Å². The summed E-state index contributed by atoms with van der Waals surface area (Å²) in [5, 5.41) is 17.8. The van der Waals surface area contributed by atoms with Crippen molar-refractivity contribution < 1.29 is 28.2 Å². The van der Waals surface area contributed by atoms with Crippen molar-refractivity contribution in [2.75, 3.05) is 20.8 Å². The SMILES string of the molecule is COCC(C)(C)c1c(C2CC[C@@](C)(C(=O)O)C2)c2c(F)c3[nH]ncc3cc2n1-c1ccc(F)c(OC)c1. The summed E-state index contributed by atoms with van der Waals surface area (Å²) in [4.78, 5) is 12.1. The van der Waals surface area contributed by atoms with Gasteiger partial charge in [0.15, 0.2) is 17.4 Å². The summed E-state index contributed by atoms with van der Waals surface area (Å²) in [5.41, 5.74) is 1.54. The molecule has 4 aromatic rings. The maximum Gasteiger partial charge on any atom is 0.309 e. The van der Waals surface area contributed by atoms with E-state index in [0.717, 1.165) is 11.3 Å². The zero-order valence-corrected chi connectivity index (χ0v) is 21.6. The van der Waals surface area contributed by atoms with E-state index in [4.69, 9.17) is 9.47 Å². The molecule has 5 rings (SSSR count). The van der Waals surface area contributed by atoms with Gasteiger partial charge in [0.05, 0.1) is 30.8 Å². The minimum absolute atomic E-state index is 0.0700. The fourth-order valence-electron chi connectivity index (χ4n) is 6.06. The van der Waals surface area contributed by atoms with Crippen LogP contribution in [0.1, 0.15) is 57.2 Å². The molecule has 1 unspecified atom stereocenters. The van der Waals surface area contributed by atoms with Crippen molar-refractivity contribution in [3.05, 3.63) is 53.4 Å². The summed E-state index contributed by atoms with van der Waals surface area (Å²) < 4.78 is 43.6. The number of aliphatic carboxylic acids is 1. The predicted octanol–water partition coefficient (Wildman–Crippen LogP) is 6.08. The molecule has 196 valence electrons. The third kappa shape index (κ3) is 3.87. The first-order valence-corrected chi connectivity index (χ1v) is 12.3. The Morgan fingerprint density at radius 1 is 1.30 bits per heavy atom. The van der Waals surface area contributed by atoms with Crippen molar-refractivity contribution in [1.82, 2.24) is 14.8 Å². The number of aromatic nitrogens is 3. The van der Waals surface area contributed by atoms with Crippen LogP contribution in [0, 0.1) is 17.0 Å². The molecule has 0 amide bonds. The van der Waals surface area contributed by atoms with Crippen molar-refractivity contribution in [2.45, 2.75) is 51.4 Å². The number of H-pyrrole nitrogens is 1. The van der Waals surface area contributed by atoms with Gasteiger partial charge in [-0.25, -0.2) is 8.78 Å². The molecule has 0 bridgehead atoms. The Kier molecular flexibility index (Phi) is 6.02. The zero-order chi connectivity index (χ0) is 26.7. The summed E-state index contributed by atoms with van der Waals surface area (Å²) in [6.07, 6.45) is 3.04. The van der Waals surface area contributed by atoms with Crippen LogP contribution in [0.4, 0.5) is 8.78 Å². The third-order valence-corrected chi connectivity index (χ3v) is 7.85. The molecular weight excluding hydrogens is 480 g/mol. The van der Waals surface area contributed by atoms with Crippen LogP contribution in [-0.4, -0.2) is 46.7 Å². The highest BCUT2D eigenvalue weighted by Crippen LogP contribution is 2.52. The first-order chi connectivity index (χ1) is 17.5. The van der Waals surface area contributed by atoms with Gasteiger partial charge in [0, 0.05) is 40.7 Å². The molecule has 0 aliphatic heterocycles. The van der Waals surface area contributed by atoms with Crippen LogP contribution >= 0.6 is 0 Å². The molecule has 2 aromatic carbocycles. The topological polar surface area (TPSA) is 89.4 Å². The summed E-state index contributed by atoms with van der Waals surface area (Å²) in [7, 11) is 3.01. The molecule has 0 saturated heterocycles. The number of carbonyl (C=O) groups is 1. The lowest BCUT2D eigenvalue weighted by atomic mass is 9.80. The number of fused-ring (bicyclic) bond motifs is 2. The largest absolute Gasteiger partial charge is 0.494 e. The standard InChI is InChI=1S/C28H31F2N3O4/c1-27(2,14-36-4)25-21(15-8-9-28(3,12-15)26(34)35)22-19(10-16-13-31-32-24(16)23(22)30)33(25)17-6-7-18(29)20(11-17)37-5/h6-7,10-11,13,15H,8-9,12,14H2,1-5H3,(H,31,32)(H,34,35)/t15?,28-/m1/s1. The van der Waals surface area contributed by atoms with Crippen LogP contribution in [0.25, 0.3) is 27.5 Å². The van der Waals surface area contributed by atoms with Gasteiger partial charge in [-0.05, 0) is 55.9 Å². The van der Waals surface area contributed by atoms with E-state index in [-0.39, 0.29) is 17.2 Å². The first kappa shape index (κ1) is 25.2. The number of carboxylic acid groups (broad SMARTS) is 1. The average Bonchev–Trinajstić information content (AvgIpc) is 3.56. The van der Waals surface area contributed by atoms with Crippen LogP contribution < -0.4 is 4.74 Å². The molecule has 7 nitrogen and oxygen atoms in total. The Balaban J connectivity index is 1.93. The number of rotatable bonds is 7. The highest BCUT2D eigenvalue weighted by Gasteiger charge is 2.45. The van der Waals surface area contributed by atoms with E-state index in [1.54, 1.807) is 32.4 Å². The van der Waals surface area contributed by atoms with Gasteiger partial charge >= 0.3 is 5.97 Å². The fourth-order valence-corrected chi connectivity index (χ4v) is 6.06. The number of hydrogen-bond donors (Lipinski definition) is 2. The zero-order valence-electron chi connectivity index (χ0n) is 21.6. The number of benzene rings is 2. The average molecular weight is 512 g/mol. The maximum absolute atomic E-state index is 16.3. The Morgan fingerprint density at radius 3 is 2.70 bits per heavy atom. The van der Waals surface area contributed by atoms with E-state index in [2.05, 4.69) is 10.2 Å². The molecule has 2 aromatic heterocycles. The van der Waals surface area contributed by atoms with E-state index >= 15 is 4.39 Å². The molecule has 0 spiro atoms. The highest BCUT2D eigenvalue weighted by atomic mass is 19.1. The minimum Gasteiger partial charge on any atom is -0.494 e. The first-order valence-electron chi connectivity index (χ1n) is 12.3. The molecular formula is C28H31F2N3O4. The van der Waals surface area contributed by atoms with Crippen LogP contribution in [0.3, 0.4) is 0 Å². The fraction of sp³-hybridized carbons (Fsp3) is 0.429. The number of methoxy groups -OCH3 is 2. The molecule has 1 aliphatic rings. The van der Waals surface area contributed by atoms with Crippen molar-refractivity contribution in [3.8, 4) is 11.4 Å². The smallest absolute Gasteiger partial charge is 0.309 e. The summed E-state index contributed by atoms with van der Waals surface area (Å²) in [6, 6.07) is 6.43. The van der Waals surface area contributed by atoms with Crippen molar-refractivity contribution in [2.24, 2.45) is 5.41 Å². The molecule has 0 radical (unpaired) electrons. The molecule has 9 heteroatoms. The maximum atomic E-state index is 16.3. The predicted molar refractivity (Wildman–Crippen MR) is 137 cm³/mol. The van der Waals surface area contributed by atoms with E-state index in [9.17, 15) is 14.3 Å². The van der Waals surface area contributed by atoms with E-state index in [1.807, 2.05) is 24.5 Å². The third-order valence-electron chi connectivity index (χ3n) is 7.85. The second kappa shape index (κ2) is 8.83. The summed E-state index contributed by atoms with van der Waals surface area (Å²) in [5.74, 6) is -1.92. The van der Waals surface area contributed by atoms with Gasteiger partial charge in [-0.1, -0.05) is 13.8 Å². The number of nitrogens with one attached hydrogen (secondary N) is 1. The second-order valence-electron chi connectivity index (χ2n) is 11.0. The molecule has 1 aliphatic carbocycles. The molecule has 2 N–H and O–H groups in total. The van der Waals surface area contributed by atoms with E-state index in [1.165, 1.54) is 13.2 Å². The molecule has 2 atom stereocenters. The number of hydrogen-bond acceptors (Lipinski definition) is 4. The summed E-state index contributed by atoms with van der Waals surface area (Å²) >= 11 is 0. The number of aromatic amines is 1. The lowest BCUT2D eigenvalue weighted by Gasteiger charge is -2.30. The molecule has 1 fully saturated rings. The minimum atomic E-state index is -0.907. The lowest BCUT2D eigenvalue weighted by molar-refractivity contribution is -0.147. The Labute approximate surface area is 213 Å². The molecule has 37 heavy (non-hydrogen) atoms. The van der Waals surface area contributed by atoms with Gasteiger partial charge in [-0.15, -0.1) is 0 Å². The number of nitrogens with zero attached hydrogens (tertiary/aromatic N) is 2.